The van der Waals surface area contributed by atoms with Crippen molar-refractivity contribution in [1.82, 2.24) is 0 Å². The number of allylic oxidation sites excluding steroid dienone is 1. The maximum Gasteiger partial charge on any atom is 0.331 e. The molecule has 0 fully saturated rings. The van der Waals surface area contributed by atoms with E-state index in [1.807, 2.05) is 27.7 Å². The van der Waals surface area contributed by atoms with Crippen LogP contribution in [0, 0.1) is 11.8 Å². The Labute approximate surface area is 124 Å². The van der Waals surface area contributed by atoms with Crippen LogP contribution in [0.4, 0.5) is 0 Å². The first kappa shape index (κ1) is 21.2. The second kappa shape index (κ2) is 11.7. The van der Waals surface area contributed by atoms with Crippen LogP contribution in [0.25, 0.3) is 0 Å². The number of carboxylic acids is 1. The molecule has 2 unspecified atom stereocenters. The van der Waals surface area contributed by atoms with Gasteiger partial charge in [-0.25, -0.2) is 4.79 Å². The molecule has 0 aromatic heterocycles. The van der Waals surface area contributed by atoms with Gasteiger partial charge < -0.3 is 5.11 Å². The monoisotopic (exact) mass is 284 g/mol. The van der Waals surface area contributed by atoms with E-state index in [4.69, 9.17) is 5.11 Å². The van der Waals surface area contributed by atoms with Crippen LogP contribution >= 0.6 is 0 Å². The van der Waals surface area contributed by atoms with Gasteiger partial charge in [-0.3, -0.25) is 4.79 Å². The van der Waals surface area contributed by atoms with Gasteiger partial charge in [-0.2, -0.15) is 0 Å². The van der Waals surface area contributed by atoms with Gasteiger partial charge in [-0.1, -0.05) is 47.1 Å². The Morgan fingerprint density at radius 3 is 1.55 bits per heavy atom. The van der Waals surface area contributed by atoms with E-state index in [0.29, 0.717) is 23.7 Å². The molecule has 0 rings (SSSR count). The normalized spacial score (nSPS) is 14.6. The van der Waals surface area contributed by atoms with Crippen molar-refractivity contribution >= 4 is 11.8 Å². The second-order valence-electron chi connectivity index (χ2n) is 5.25. The molecule has 3 heteroatoms. The molecular weight excluding hydrogens is 252 g/mol. The highest BCUT2D eigenvalue weighted by molar-refractivity contribution is 5.86. The Morgan fingerprint density at radius 1 is 0.900 bits per heavy atom. The van der Waals surface area contributed by atoms with E-state index in [2.05, 4.69) is 13.8 Å². The van der Waals surface area contributed by atoms with E-state index in [-0.39, 0.29) is 5.92 Å². The lowest BCUT2D eigenvalue weighted by molar-refractivity contribution is -0.132. The SMILES string of the molecule is CC/C(=C(/C)C(=O)O)C(C)CC.CCC(=O)C(C)CC. The first-order valence-electron chi connectivity index (χ1n) is 7.72. The zero-order valence-electron chi connectivity index (χ0n) is 14.2. The minimum atomic E-state index is -0.785. The van der Waals surface area contributed by atoms with Crippen LogP contribution in [-0.2, 0) is 9.59 Å². The number of hydrogen-bond donors (Lipinski definition) is 1. The van der Waals surface area contributed by atoms with Gasteiger partial charge in [-0.05, 0) is 32.1 Å². The van der Waals surface area contributed by atoms with Gasteiger partial charge in [0.25, 0.3) is 0 Å². The molecule has 0 amide bonds. The summed E-state index contributed by atoms with van der Waals surface area (Å²) < 4.78 is 0. The van der Waals surface area contributed by atoms with Crippen molar-refractivity contribution < 1.29 is 14.7 Å². The number of rotatable bonds is 7. The lowest BCUT2D eigenvalue weighted by atomic mass is 9.92. The van der Waals surface area contributed by atoms with Crippen molar-refractivity contribution in [3.05, 3.63) is 11.1 Å². The molecule has 0 aliphatic carbocycles. The molecule has 0 spiro atoms. The van der Waals surface area contributed by atoms with Crippen LogP contribution in [0.5, 0.6) is 0 Å². The van der Waals surface area contributed by atoms with Gasteiger partial charge in [0, 0.05) is 17.9 Å². The Morgan fingerprint density at radius 2 is 1.35 bits per heavy atom. The fourth-order valence-electron chi connectivity index (χ4n) is 1.94. The fraction of sp³-hybridized carbons (Fsp3) is 0.765. The smallest absolute Gasteiger partial charge is 0.331 e. The topological polar surface area (TPSA) is 54.4 Å². The van der Waals surface area contributed by atoms with Crippen molar-refractivity contribution in [2.45, 2.75) is 74.1 Å². The molecule has 0 aromatic rings. The molecule has 20 heavy (non-hydrogen) atoms. The first-order valence-corrected chi connectivity index (χ1v) is 7.72. The Balaban J connectivity index is 0. The lowest BCUT2D eigenvalue weighted by Gasteiger charge is -2.13. The third kappa shape index (κ3) is 8.13. The molecule has 0 saturated heterocycles. The number of carboxylic acid groups (broad SMARTS) is 1. The maximum atomic E-state index is 10.7. The summed E-state index contributed by atoms with van der Waals surface area (Å²) in [6.07, 6.45) is 3.52. The van der Waals surface area contributed by atoms with Gasteiger partial charge in [0.05, 0.1) is 0 Å². The predicted molar refractivity (Wildman–Crippen MR) is 84.8 cm³/mol. The van der Waals surface area contributed by atoms with Gasteiger partial charge in [0.15, 0.2) is 0 Å². The number of Topliss-reactive ketones (excluding diaryl/α,β-unsaturated/α-hetero) is 1. The molecular formula is C17H32O3. The molecule has 2 atom stereocenters. The van der Waals surface area contributed by atoms with Gasteiger partial charge in [0.2, 0.25) is 0 Å². The summed E-state index contributed by atoms with van der Waals surface area (Å²) in [6.45, 7) is 13.8. The second-order valence-corrected chi connectivity index (χ2v) is 5.25. The fourth-order valence-corrected chi connectivity index (χ4v) is 1.94. The Kier molecular flexibility index (Phi) is 12.4. The van der Waals surface area contributed by atoms with Crippen LogP contribution in [0.15, 0.2) is 11.1 Å². The van der Waals surface area contributed by atoms with Crippen molar-refractivity contribution in [2.24, 2.45) is 11.8 Å². The predicted octanol–water partition coefficient (Wildman–Crippen LogP) is 4.86. The summed E-state index contributed by atoms with van der Waals surface area (Å²) in [6, 6.07) is 0. The highest BCUT2D eigenvalue weighted by Crippen LogP contribution is 2.21. The number of carbonyl (C=O) groups excluding carboxylic acids is 1. The summed E-state index contributed by atoms with van der Waals surface area (Å²) in [5.41, 5.74) is 1.59. The van der Waals surface area contributed by atoms with Gasteiger partial charge in [0.1, 0.15) is 5.78 Å². The van der Waals surface area contributed by atoms with Crippen molar-refractivity contribution in [3.63, 3.8) is 0 Å². The maximum absolute atomic E-state index is 10.7. The summed E-state index contributed by atoms with van der Waals surface area (Å²) in [5, 5.41) is 8.77. The van der Waals surface area contributed by atoms with Gasteiger partial charge >= 0.3 is 5.97 Å². The molecule has 0 saturated carbocycles. The number of hydrogen-bond acceptors (Lipinski definition) is 2. The minimum Gasteiger partial charge on any atom is -0.478 e. The Hall–Kier alpha value is -1.12. The summed E-state index contributed by atoms with van der Waals surface area (Å²) in [4.78, 5) is 21.4. The van der Waals surface area contributed by atoms with Crippen LogP contribution in [0.2, 0.25) is 0 Å². The molecule has 3 nitrogen and oxygen atoms in total. The molecule has 118 valence electrons. The molecule has 0 aliphatic heterocycles. The standard InChI is InChI=1S/C10H18O2.C7H14O/c1-5-7(3)9(6-2)8(4)10(11)12;1-4-6(3)7(8)5-2/h7H,5-6H2,1-4H3,(H,11,12);6H,4-5H2,1-3H3/b9-8+;. The van der Waals surface area contributed by atoms with Crippen LogP contribution in [0.3, 0.4) is 0 Å². The largest absolute Gasteiger partial charge is 0.478 e. The third-order valence-corrected chi connectivity index (χ3v) is 3.90. The van der Waals surface area contributed by atoms with Crippen molar-refractivity contribution in [3.8, 4) is 0 Å². The highest BCUT2D eigenvalue weighted by Gasteiger charge is 2.12. The van der Waals surface area contributed by atoms with Gasteiger partial charge in [-0.15, -0.1) is 0 Å². The average Bonchev–Trinajstić information content (AvgIpc) is 2.46. The van der Waals surface area contributed by atoms with Crippen LogP contribution in [0.1, 0.15) is 74.1 Å². The van der Waals surface area contributed by atoms with E-state index < -0.39 is 5.97 Å². The molecule has 0 radical (unpaired) electrons. The average molecular weight is 284 g/mol. The number of ketones is 1. The van der Waals surface area contributed by atoms with Crippen molar-refractivity contribution in [1.29, 1.82) is 0 Å². The summed E-state index contributed by atoms with van der Waals surface area (Å²) in [5.74, 6) is 0.269. The minimum absolute atomic E-state index is 0.278. The van der Waals surface area contributed by atoms with Crippen LogP contribution < -0.4 is 0 Å². The summed E-state index contributed by atoms with van der Waals surface area (Å²) in [7, 11) is 0. The van der Waals surface area contributed by atoms with E-state index in [1.54, 1.807) is 6.92 Å². The molecule has 0 heterocycles. The zero-order chi connectivity index (χ0) is 16.3. The van der Waals surface area contributed by atoms with E-state index in [1.165, 1.54) is 0 Å². The zero-order valence-corrected chi connectivity index (χ0v) is 14.2. The van der Waals surface area contributed by atoms with E-state index in [9.17, 15) is 9.59 Å². The van der Waals surface area contributed by atoms with E-state index in [0.717, 1.165) is 24.8 Å². The van der Waals surface area contributed by atoms with Crippen LogP contribution in [-0.4, -0.2) is 16.9 Å². The molecule has 0 bridgehead atoms. The van der Waals surface area contributed by atoms with Crippen molar-refractivity contribution in [2.75, 3.05) is 0 Å². The summed E-state index contributed by atoms with van der Waals surface area (Å²) >= 11 is 0. The Bertz CT molecular complexity index is 329. The molecule has 0 aliphatic rings. The first-order chi connectivity index (χ1) is 9.26. The molecule has 0 aromatic carbocycles. The third-order valence-electron chi connectivity index (χ3n) is 3.90. The number of aliphatic carboxylic acids is 1. The van der Waals surface area contributed by atoms with E-state index >= 15 is 0 Å². The lowest BCUT2D eigenvalue weighted by Crippen LogP contribution is -2.06. The molecule has 1 N–H and O–H groups in total. The number of carbonyl (C=O) groups is 2. The highest BCUT2D eigenvalue weighted by atomic mass is 16.4. The quantitative estimate of drug-likeness (QED) is 0.679.